The molecule has 12 unspecified atom stereocenters. The maximum absolute atomic E-state index is 15.7. The van der Waals surface area contributed by atoms with Crippen LogP contribution in [0.4, 0.5) is 43.8 Å². The van der Waals surface area contributed by atoms with Gasteiger partial charge < -0.3 is 76.6 Å². The molecule has 5 N–H and O–H groups in total. The van der Waals surface area contributed by atoms with Crippen molar-refractivity contribution in [2.24, 2.45) is 0 Å². The molecule has 3 aliphatic heterocycles. The van der Waals surface area contributed by atoms with Crippen LogP contribution in [-0.4, -0.2) is 193 Å². The molecule has 0 radical (unpaired) electrons. The molecular weight excluding hydrogens is 1460 g/mol. The second kappa shape index (κ2) is 36.5. The number of rotatable bonds is 28. The van der Waals surface area contributed by atoms with Crippen LogP contribution in [0.2, 0.25) is 0 Å². The van der Waals surface area contributed by atoms with E-state index in [1.165, 1.54) is 18.2 Å². The normalized spacial score (nSPS) is 23.0. The van der Waals surface area contributed by atoms with Crippen LogP contribution in [0.1, 0.15) is 80.9 Å². The second-order valence-corrected chi connectivity index (χ2v) is 28.1. The molecule has 33 nitrogen and oxygen atoms in total. The number of carbonyl (C=O) groups is 4. The Morgan fingerprint density at radius 2 is 1.01 bits per heavy atom. The first-order chi connectivity index (χ1) is 47.9. The standard InChI is InChI=1S/C27H34F2N5O7P.C22H23F2N4O8P.C10H13ClF2N3O6P/c1-17(2)34(18(3)4)42(38-15-13-30-6)39-16-21-23(40-19(5)35)27(28,29)25(41-21)33-14-12-22(32-26(33)37)31-24(36)20-10-8-7-9-11-20;1-14(29)35-18-16(13-34-37(3,32)33-12-10-25-2)36-20(22(18,23)24)28-11-9-17(27-21(28)31)26-19(30)15-7-5-4-6-8-15;1-23(19,20)21-4-5-7(17)10(12,13)8(22-5)16-3-2-6(15-11)14-9(16)18/h7-12,14,17-18,21,23,25H,13,15-16H2,1-5H3,(H,31,32,36,37);4-9,11,16,18,20H,10,12-13H2,1,3H3,(H,26,27,30,31);2-3,5,7-8,17H,4H2,1H3,(H,19,20)(H,14,15,18). The molecule has 43 heteroatoms. The van der Waals surface area contributed by atoms with Gasteiger partial charge in [-0.2, -0.15) is 41.3 Å². The van der Waals surface area contributed by atoms with Crippen molar-refractivity contribution in [3.63, 3.8) is 0 Å². The lowest BCUT2D eigenvalue weighted by Crippen LogP contribution is -2.44. The molecule has 12 atom stereocenters. The first kappa shape index (κ1) is 83.0. The van der Waals surface area contributed by atoms with Crippen LogP contribution >= 0.6 is 35.5 Å². The predicted octanol–water partition coefficient (Wildman–Crippen LogP) is 7.53. The molecular formula is C59H70ClF6N12O21P3. The molecule has 556 valence electrons. The molecule has 3 aromatic heterocycles. The number of benzene rings is 2. The van der Waals surface area contributed by atoms with Gasteiger partial charge in [-0.15, -0.1) is 0 Å². The highest BCUT2D eigenvalue weighted by molar-refractivity contribution is 7.53. The SMILES string of the molecule is CP(=O)(O)OCC1OC(n2ccc(NCl)nc2=O)C(F)(F)C1O.[C-]#[N+]CCOP(C)(=O)OCC1OC(n2ccc(NC(=O)c3ccccc3)nc2=O)C(F)(F)C1OC(C)=O.[C-]#[N+]CCOP(OCC1OC(n2ccc(NC(=O)c3ccccc3)nc2=O)C(F)(F)C1OC(C)=O)N(C(C)C)C(C)C. The van der Waals surface area contributed by atoms with Gasteiger partial charge in [-0.05, 0) is 70.2 Å². The van der Waals surface area contributed by atoms with E-state index in [0.29, 0.717) is 19.3 Å². The van der Waals surface area contributed by atoms with Crippen molar-refractivity contribution in [3.8, 4) is 0 Å². The van der Waals surface area contributed by atoms with Crippen LogP contribution in [0.25, 0.3) is 9.69 Å². The lowest BCUT2D eigenvalue weighted by Gasteiger charge is -2.36. The summed E-state index contributed by atoms with van der Waals surface area (Å²) in [6.45, 7) is 23.1. The fourth-order valence-electron chi connectivity index (χ4n) is 9.64. The van der Waals surface area contributed by atoms with E-state index in [2.05, 4.69) is 44.6 Å². The summed E-state index contributed by atoms with van der Waals surface area (Å²) < 4.78 is 169. The molecule has 5 aromatic rings. The van der Waals surface area contributed by atoms with Crippen molar-refractivity contribution >= 4 is 76.7 Å². The average Bonchev–Trinajstić information content (AvgIpc) is 1.62. The topological polar surface area (TPSA) is 388 Å². The second-order valence-electron chi connectivity index (χ2n) is 22.5. The third-order valence-electron chi connectivity index (χ3n) is 14.0. The number of hydrogen-bond acceptors (Lipinski definition) is 25. The highest BCUT2D eigenvalue weighted by Gasteiger charge is 2.64. The van der Waals surface area contributed by atoms with Gasteiger partial charge in [0.1, 0.15) is 49.0 Å². The number of ether oxygens (including phenoxy) is 5. The number of carbonyl (C=O) groups excluding carboxylic acids is 4. The number of esters is 2. The van der Waals surface area contributed by atoms with E-state index in [-0.39, 0.29) is 61.4 Å². The smallest absolute Gasteiger partial charge is 0.351 e. The Balaban J connectivity index is 0.000000250. The van der Waals surface area contributed by atoms with Crippen molar-refractivity contribution < 1.29 is 111 Å². The number of hydrogen-bond donors (Lipinski definition) is 5. The molecule has 8 rings (SSSR count). The average molecular weight is 1530 g/mol. The van der Waals surface area contributed by atoms with E-state index < -0.39 is 157 Å². The van der Waals surface area contributed by atoms with Gasteiger partial charge >= 0.3 is 62.0 Å². The first-order valence-corrected chi connectivity index (χ1v) is 35.7. The Bertz CT molecular complexity index is 4080. The highest BCUT2D eigenvalue weighted by Crippen LogP contribution is 2.51. The van der Waals surface area contributed by atoms with E-state index in [9.17, 15) is 56.6 Å². The minimum Gasteiger partial charge on any atom is -0.453 e. The third kappa shape index (κ3) is 22.3. The van der Waals surface area contributed by atoms with Crippen LogP contribution in [-0.2, 0) is 65.0 Å². The van der Waals surface area contributed by atoms with Crippen molar-refractivity contribution in [2.75, 3.05) is 74.9 Å². The van der Waals surface area contributed by atoms with Gasteiger partial charge in [0.15, 0.2) is 18.3 Å². The van der Waals surface area contributed by atoms with Crippen LogP contribution in [0.15, 0.2) is 112 Å². The molecule has 2 aromatic carbocycles. The Labute approximate surface area is 583 Å². The molecule has 6 heterocycles. The van der Waals surface area contributed by atoms with Crippen molar-refractivity contribution in [3.05, 3.63) is 163 Å². The Morgan fingerprint density at radius 3 is 1.41 bits per heavy atom. The maximum atomic E-state index is 15.7. The molecule has 0 bridgehead atoms. The predicted molar refractivity (Wildman–Crippen MR) is 348 cm³/mol. The van der Waals surface area contributed by atoms with Crippen LogP contribution < -0.4 is 32.5 Å². The lowest BCUT2D eigenvalue weighted by atomic mass is 10.1. The van der Waals surface area contributed by atoms with E-state index in [1.807, 2.05) is 32.4 Å². The highest BCUT2D eigenvalue weighted by atomic mass is 35.5. The van der Waals surface area contributed by atoms with Gasteiger partial charge in [0, 0.05) is 80.8 Å². The van der Waals surface area contributed by atoms with Crippen LogP contribution in [0.3, 0.4) is 0 Å². The zero-order valence-corrected chi connectivity index (χ0v) is 58.6. The summed E-state index contributed by atoms with van der Waals surface area (Å²) in [5.41, 5.74) is -2.78. The zero-order chi connectivity index (χ0) is 75.7. The summed E-state index contributed by atoms with van der Waals surface area (Å²) in [5.74, 6) is -15.1. The lowest BCUT2D eigenvalue weighted by molar-refractivity contribution is -0.174. The Kier molecular flexibility index (Phi) is 29.7. The number of nitrogens with zero attached hydrogens (tertiary/aromatic N) is 9. The van der Waals surface area contributed by atoms with Crippen molar-refractivity contribution in [1.82, 2.24) is 33.3 Å². The molecule has 0 aliphatic carbocycles. The number of anilines is 3. The number of halogens is 7. The Morgan fingerprint density at radius 1 is 0.618 bits per heavy atom. The quantitative estimate of drug-likeness (QED) is 0.00806. The third-order valence-corrected chi connectivity index (χ3v) is 18.2. The van der Waals surface area contributed by atoms with Crippen molar-refractivity contribution in [1.29, 1.82) is 0 Å². The molecule has 3 saturated heterocycles. The van der Waals surface area contributed by atoms with Crippen molar-refractivity contribution in [2.45, 2.75) is 127 Å². The van der Waals surface area contributed by atoms with Crippen LogP contribution in [0.5, 0.6) is 0 Å². The minimum atomic E-state index is -3.94. The number of nitrogens with one attached hydrogen (secondary N) is 3. The van der Waals surface area contributed by atoms with E-state index in [4.69, 9.17) is 71.6 Å². The molecule has 0 spiro atoms. The molecule has 102 heavy (non-hydrogen) atoms. The fourth-order valence-corrected chi connectivity index (χ4v) is 12.7. The van der Waals surface area contributed by atoms with E-state index >= 15 is 17.6 Å². The van der Waals surface area contributed by atoms with Crippen LogP contribution in [0, 0.1) is 13.1 Å². The fraction of sp³-hybridized carbons (Fsp3) is 0.492. The minimum absolute atomic E-state index is 0.0439. The number of amides is 2. The van der Waals surface area contributed by atoms with Gasteiger partial charge in [0.05, 0.1) is 19.8 Å². The molecule has 0 saturated carbocycles. The first-order valence-electron chi connectivity index (χ1n) is 30.2. The summed E-state index contributed by atoms with van der Waals surface area (Å²) >= 11 is 5.25. The van der Waals surface area contributed by atoms with E-state index in [1.54, 1.807) is 48.5 Å². The van der Waals surface area contributed by atoms with Gasteiger partial charge in [-0.25, -0.2) is 32.2 Å². The molecule has 3 aliphatic rings. The Hall–Kier alpha value is -7.94. The molecule has 2 amide bonds. The number of alkyl halides is 6. The zero-order valence-electron chi connectivity index (χ0n) is 55.2. The van der Waals surface area contributed by atoms with Gasteiger partial charge in [0.2, 0.25) is 31.8 Å². The molecule has 3 fully saturated rings. The van der Waals surface area contributed by atoms with E-state index in [0.717, 1.165) is 57.9 Å². The number of aliphatic hydroxyl groups is 1. The summed E-state index contributed by atoms with van der Waals surface area (Å²) in [7, 11) is -9.50. The summed E-state index contributed by atoms with van der Waals surface area (Å²) in [6, 6.07) is 19.6. The monoisotopic (exact) mass is 1520 g/mol. The van der Waals surface area contributed by atoms with Gasteiger partial charge in [0.25, 0.3) is 20.3 Å². The van der Waals surface area contributed by atoms with Gasteiger partial charge in [-0.3, -0.25) is 46.8 Å². The summed E-state index contributed by atoms with van der Waals surface area (Å²) in [5, 5.41) is 14.5. The number of aromatic nitrogens is 6. The number of aliphatic hydroxyl groups excluding tert-OH is 1. The largest absolute Gasteiger partial charge is 0.453 e. The summed E-state index contributed by atoms with van der Waals surface area (Å²) in [4.78, 5) is 113. The summed E-state index contributed by atoms with van der Waals surface area (Å²) in [6.07, 6.45) is -15.0. The maximum Gasteiger partial charge on any atom is 0.351 e. The van der Waals surface area contributed by atoms with Gasteiger partial charge in [-0.1, -0.05) is 36.4 Å².